The zero-order valence-corrected chi connectivity index (χ0v) is 9.16. The van der Waals surface area contributed by atoms with E-state index in [1.54, 1.807) is 18.2 Å². The number of aliphatic hydroxyl groups excluding tert-OH is 1. The Labute approximate surface area is 89.7 Å². The van der Waals surface area contributed by atoms with E-state index in [4.69, 9.17) is 9.84 Å². The van der Waals surface area contributed by atoms with Crippen molar-refractivity contribution in [2.45, 2.75) is 25.9 Å². The molecule has 0 aliphatic rings. The van der Waals surface area contributed by atoms with Gasteiger partial charge in [0.25, 0.3) is 0 Å². The summed E-state index contributed by atoms with van der Waals surface area (Å²) in [7, 11) is 0. The van der Waals surface area contributed by atoms with Gasteiger partial charge in [-0.25, -0.2) is 4.39 Å². The molecule has 0 fully saturated rings. The molecule has 0 radical (unpaired) electrons. The van der Waals surface area contributed by atoms with Crippen molar-refractivity contribution in [1.82, 2.24) is 0 Å². The maximum absolute atomic E-state index is 13.8. The molecule has 1 N–H and O–H groups in total. The molecule has 2 nitrogen and oxygen atoms in total. The summed E-state index contributed by atoms with van der Waals surface area (Å²) in [5, 5.41) is 8.62. The van der Waals surface area contributed by atoms with Crippen LogP contribution in [0.3, 0.4) is 0 Å². The Morgan fingerprint density at radius 3 is 2.60 bits per heavy atom. The third-order valence-corrected chi connectivity index (χ3v) is 2.09. The normalized spacial score (nSPS) is 11.5. The quantitative estimate of drug-likeness (QED) is 0.760. The number of hydrogen-bond acceptors (Lipinski definition) is 2. The van der Waals surface area contributed by atoms with E-state index >= 15 is 0 Å². The number of rotatable bonds is 5. The molecule has 0 bridgehead atoms. The minimum Gasteiger partial charge on any atom is -0.493 e. The Kier molecular flexibility index (Phi) is 4.09. The summed E-state index contributed by atoms with van der Waals surface area (Å²) in [6.07, 6.45) is 0.557. The maximum atomic E-state index is 13.8. The predicted molar refractivity (Wildman–Crippen MR) is 57.8 cm³/mol. The second-order valence-electron chi connectivity index (χ2n) is 3.89. The summed E-state index contributed by atoms with van der Waals surface area (Å²) in [5.74, 6) is 0.554. The van der Waals surface area contributed by atoms with Gasteiger partial charge in [-0.1, -0.05) is 18.2 Å². The number of alkyl halides is 1. The van der Waals surface area contributed by atoms with Crippen molar-refractivity contribution in [3.8, 4) is 5.75 Å². The number of halogens is 1. The molecular weight excluding hydrogens is 195 g/mol. The van der Waals surface area contributed by atoms with Gasteiger partial charge in [0.2, 0.25) is 0 Å². The number of para-hydroxylation sites is 1. The minimum absolute atomic E-state index is 0.0845. The molecule has 1 aromatic rings. The molecule has 0 heterocycles. The Morgan fingerprint density at radius 1 is 1.33 bits per heavy atom. The standard InChI is InChI=1S/C12H17FO2/c1-12(2,13)10-6-3-4-7-11(10)15-9-5-8-14/h3-4,6-7,14H,5,8-9H2,1-2H3. The maximum Gasteiger partial charge on any atom is 0.134 e. The van der Waals surface area contributed by atoms with E-state index in [0.29, 0.717) is 24.3 Å². The Hall–Kier alpha value is -1.09. The smallest absolute Gasteiger partial charge is 0.134 e. The van der Waals surface area contributed by atoms with E-state index in [1.807, 2.05) is 6.07 Å². The monoisotopic (exact) mass is 212 g/mol. The highest BCUT2D eigenvalue weighted by Gasteiger charge is 2.22. The highest BCUT2D eigenvalue weighted by molar-refractivity contribution is 5.37. The Morgan fingerprint density at radius 2 is 2.00 bits per heavy atom. The number of aliphatic hydroxyl groups is 1. The second-order valence-corrected chi connectivity index (χ2v) is 3.89. The van der Waals surface area contributed by atoms with Crippen molar-refractivity contribution in [1.29, 1.82) is 0 Å². The van der Waals surface area contributed by atoms with E-state index in [9.17, 15) is 4.39 Å². The summed E-state index contributed by atoms with van der Waals surface area (Å²) in [6.45, 7) is 3.49. The van der Waals surface area contributed by atoms with E-state index in [2.05, 4.69) is 0 Å². The van der Waals surface area contributed by atoms with Crippen LogP contribution in [0.2, 0.25) is 0 Å². The lowest BCUT2D eigenvalue weighted by molar-refractivity contribution is 0.199. The van der Waals surface area contributed by atoms with Gasteiger partial charge in [-0.05, 0) is 19.9 Å². The van der Waals surface area contributed by atoms with Crippen molar-refractivity contribution in [3.05, 3.63) is 29.8 Å². The molecule has 0 aliphatic carbocycles. The zero-order valence-electron chi connectivity index (χ0n) is 9.16. The average molecular weight is 212 g/mol. The van der Waals surface area contributed by atoms with Crippen LogP contribution in [0.25, 0.3) is 0 Å². The fourth-order valence-corrected chi connectivity index (χ4v) is 1.33. The first-order chi connectivity index (χ1) is 7.05. The van der Waals surface area contributed by atoms with Crippen LogP contribution >= 0.6 is 0 Å². The Bertz CT molecular complexity index is 305. The molecule has 0 atom stereocenters. The van der Waals surface area contributed by atoms with E-state index in [0.717, 1.165) is 0 Å². The van der Waals surface area contributed by atoms with Gasteiger partial charge < -0.3 is 9.84 Å². The van der Waals surface area contributed by atoms with Crippen molar-refractivity contribution in [2.75, 3.05) is 13.2 Å². The Balaban J connectivity index is 2.78. The lowest BCUT2D eigenvalue weighted by atomic mass is 9.99. The number of benzene rings is 1. The summed E-state index contributed by atoms with van der Waals surface area (Å²) in [6, 6.07) is 7.06. The van der Waals surface area contributed by atoms with Gasteiger partial charge in [-0.3, -0.25) is 0 Å². The summed E-state index contributed by atoms with van der Waals surface area (Å²) in [5.41, 5.74) is -0.863. The molecule has 0 amide bonds. The second kappa shape index (κ2) is 5.12. The molecule has 0 aliphatic heterocycles. The third-order valence-electron chi connectivity index (χ3n) is 2.09. The van der Waals surface area contributed by atoms with Crippen LogP contribution in [0.4, 0.5) is 4.39 Å². The summed E-state index contributed by atoms with van der Waals surface area (Å²) < 4.78 is 19.2. The lowest BCUT2D eigenvalue weighted by Crippen LogP contribution is -2.12. The average Bonchev–Trinajstić information content (AvgIpc) is 2.17. The fourth-order valence-electron chi connectivity index (χ4n) is 1.33. The fraction of sp³-hybridized carbons (Fsp3) is 0.500. The van der Waals surface area contributed by atoms with Gasteiger partial charge >= 0.3 is 0 Å². The molecule has 0 spiro atoms. The molecule has 1 aromatic carbocycles. The summed E-state index contributed by atoms with van der Waals surface area (Å²) >= 11 is 0. The van der Waals surface area contributed by atoms with Gasteiger partial charge in [-0.2, -0.15) is 0 Å². The van der Waals surface area contributed by atoms with Crippen LogP contribution in [0.5, 0.6) is 5.75 Å². The van der Waals surface area contributed by atoms with Crippen molar-refractivity contribution < 1.29 is 14.2 Å². The molecule has 1 rings (SSSR count). The largest absolute Gasteiger partial charge is 0.493 e. The first-order valence-corrected chi connectivity index (χ1v) is 5.08. The molecule has 0 aromatic heterocycles. The zero-order chi connectivity index (χ0) is 11.3. The third kappa shape index (κ3) is 3.51. The van der Waals surface area contributed by atoms with Crippen LogP contribution in [0.1, 0.15) is 25.8 Å². The highest BCUT2D eigenvalue weighted by atomic mass is 19.1. The van der Waals surface area contributed by atoms with Gasteiger partial charge in [0, 0.05) is 18.6 Å². The van der Waals surface area contributed by atoms with E-state index in [-0.39, 0.29) is 6.61 Å². The van der Waals surface area contributed by atoms with Crippen LogP contribution < -0.4 is 4.74 Å². The number of ether oxygens (including phenoxy) is 1. The lowest BCUT2D eigenvalue weighted by Gasteiger charge is -2.19. The van der Waals surface area contributed by atoms with Gasteiger partial charge in [0.15, 0.2) is 0 Å². The topological polar surface area (TPSA) is 29.5 Å². The van der Waals surface area contributed by atoms with Gasteiger partial charge in [-0.15, -0.1) is 0 Å². The molecule has 0 unspecified atom stereocenters. The van der Waals surface area contributed by atoms with Crippen molar-refractivity contribution >= 4 is 0 Å². The minimum atomic E-state index is -1.41. The molecule has 0 saturated heterocycles. The van der Waals surface area contributed by atoms with E-state index < -0.39 is 5.67 Å². The van der Waals surface area contributed by atoms with E-state index in [1.165, 1.54) is 13.8 Å². The molecule has 0 saturated carbocycles. The number of hydrogen-bond donors (Lipinski definition) is 1. The molecular formula is C12H17FO2. The van der Waals surface area contributed by atoms with Crippen molar-refractivity contribution in [2.24, 2.45) is 0 Å². The van der Waals surface area contributed by atoms with Gasteiger partial charge in [0.05, 0.1) is 6.61 Å². The van der Waals surface area contributed by atoms with Crippen LogP contribution in [-0.4, -0.2) is 18.3 Å². The predicted octanol–water partition coefficient (Wildman–Crippen LogP) is 2.65. The molecule has 84 valence electrons. The van der Waals surface area contributed by atoms with Crippen LogP contribution in [-0.2, 0) is 5.67 Å². The molecule has 15 heavy (non-hydrogen) atoms. The SMILES string of the molecule is CC(C)(F)c1ccccc1OCCCO. The van der Waals surface area contributed by atoms with Crippen LogP contribution in [0, 0.1) is 0 Å². The highest BCUT2D eigenvalue weighted by Crippen LogP contribution is 2.32. The van der Waals surface area contributed by atoms with Crippen molar-refractivity contribution in [3.63, 3.8) is 0 Å². The first kappa shape index (κ1) is 12.0. The summed E-state index contributed by atoms with van der Waals surface area (Å²) in [4.78, 5) is 0. The van der Waals surface area contributed by atoms with Crippen LogP contribution in [0.15, 0.2) is 24.3 Å². The van der Waals surface area contributed by atoms with Gasteiger partial charge in [0.1, 0.15) is 11.4 Å². The molecule has 3 heteroatoms. The first-order valence-electron chi connectivity index (χ1n) is 5.08.